The third-order valence-corrected chi connectivity index (χ3v) is 7.24. The number of carboxylic acid groups (broad SMARTS) is 1. The average molecular weight is 605 g/mol. The van der Waals surface area contributed by atoms with Crippen LogP contribution in [-0.4, -0.2) is 104 Å². The van der Waals surface area contributed by atoms with Crippen LogP contribution in [0.25, 0.3) is 0 Å². The molecule has 42 heavy (non-hydrogen) atoms. The average Bonchev–Trinajstić information content (AvgIpc) is 2.93. The molecule has 15 nitrogen and oxygen atoms in total. The van der Waals surface area contributed by atoms with E-state index in [2.05, 4.69) is 10.6 Å². The molecule has 2 aromatic carbocycles. The van der Waals surface area contributed by atoms with E-state index in [1.807, 2.05) is 0 Å². The molecule has 7 N–H and O–H groups in total. The van der Waals surface area contributed by atoms with Gasteiger partial charge in [-0.1, -0.05) is 29.8 Å². The number of piperazine rings is 1. The van der Waals surface area contributed by atoms with Crippen LogP contribution in [0.3, 0.4) is 0 Å². The van der Waals surface area contributed by atoms with Crippen molar-refractivity contribution in [2.75, 3.05) is 19.7 Å². The maximum atomic E-state index is 13.6. The van der Waals surface area contributed by atoms with E-state index in [0.717, 1.165) is 17.0 Å². The summed E-state index contributed by atoms with van der Waals surface area (Å²) in [6.45, 7) is 0.864. The van der Waals surface area contributed by atoms with Crippen molar-refractivity contribution in [2.45, 2.75) is 31.4 Å². The number of hydrogen-bond acceptors (Lipinski definition) is 10. The Hall–Kier alpha value is -4.54. The molecule has 3 atom stereocenters. The number of β-amino-alcohol motifs (C(OH)–C–C–N with tert-alkyl or cyclic N) is 1. The predicted octanol–water partition coefficient (Wildman–Crippen LogP) is -0.609. The molecule has 0 bridgehead atoms. The molecular formula is C25H26BClN4O11. The van der Waals surface area contributed by atoms with Gasteiger partial charge in [0.05, 0.1) is 29.2 Å². The quantitative estimate of drug-likeness (QED) is 0.120. The number of nitrogens with one attached hydrogen (secondary N) is 2. The highest BCUT2D eigenvalue weighted by Gasteiger charge is 2.43. The topological polar surface area (TPSA) is 226 Å². The summed E-state index contributed by atoms with van der Waals surface area (Å²) < 4.78 is 5.39. The van der Waals surface area contributed by atoms with Crippen molar-refractivity contribution in [3.8, 4) is 17.2 Å². The Morgan fingerprint density at radius 3 is 2.55 bits per heavy atom. The molecule has 0 radical (unpaired) electrons. The number of benzene rings is 2. The van der Waals surface area contributed by atoms with Crippen LogP contribution < -0.4 is 15.3 Å². The molecule has 1 saturated heterocycles. The van der Waals surface area contributed by atoms with Crippen molar-refractivity contribution >= 4 is 48.4 Å². The summed E-state index contributed by atoms with van der Waals surface area (Å²) in [5.74, 6) is -7.17. The van der Waals surface area contributed by atoms with E-state index >= 15 is 0 Å². The van der Waals surface area contributed by atoms with Gasteiger partial charge >= 0.3 is 30.9 Å². The lowest BCUT2D eigenvalue weighted by atomic mass is 9.72. The van der Waals surface area contributed by atoms with Crippen LogP contribution in [0.4, 0.5) is 4.79 Å². The monoisotopic (exact) mass is 604 g/mol. The fraction of sp³-hybridized carbons (Fsp3) is 0.320. The standard InChI is InChI=1S/C25H26BClN4O11/c1-11-10-30(7-8-32)22(36)23(37)31(11)25(40)29-18(13-5-6-15(33)19(34)17(13)27)21(35)28-16-9-12-3-2-4-14(24(38)39)20(12)42-26(16)41/h2-6,11,16,18,32-34,41H,7-10H2,1H3,(H,28,35)(H,29,40)(H,38,39)/t11?,16-,18?/m0/s1. The van der Waals surface area contributed by atoms with Crippen LogP contribution in [-0.2, 0) is 20.8 Å². The van der Waals surface area contributed by atoms with Crippen molar-refractivity contribution in [1.82, 2.24) is 20.4 Å². The lowest BCUT2D eigenvalue weighted by Crippen LogP contribution is -2.63. The molecule has 5 amide bonds. The predicted molar refractivity (Wildman–Crippen MR) is 144 cm³/mol. The van der Waals surface area contributed by atoms with Gasteiger partial charge in [-0.05, 0) is 31.0 Å². The first-order valence-corrected chi connectivity index (χ1v) is 13.0. The number of carboxylic acids is 1. The number of aromatic hydroxyl groups is 2. The Labute approximate surface area is 243 Å². The molecule has 0 aromatic heterocycles. The van der Waals surface area contributed by atoms with Crippen molar-refractivity contribution in [2.24, 2.45) is 0 Å². The number of para-hydroxylation sites is 1. The van der Waals surface area contributed by atoms with Gasteiger partial charge < -0.3 is 45.6 Å². The lowest BCUT2D eigenvalue weighted by molar-refractivity contribution is -0.156. The zero-order chi connectivity index (χ0) is 30.9. The Kier molecular flexibility index (Phi) is 8.79. The van der Waals surface area contributed by atoms with Crippen molar-refractivity contribution in [3.63, 3.8) is 0 Å². The Morgan fingerprint density at radius 1 is 1.17 bits per heavy atom. The molecular weight excluding hydrogens is 579 g/mol. The number of carbonyl (C=O) groups excluding carboxylic acids is 4. The van der Waals surface area contributed by atoms with E-state index < -0.39 is 78.0 Å². The maximum Gasteiger partial charge on any atom is 0.547 e. The number of aliphatic hydroxyl groups excluding tert-OH is 1. The smallest absolute Gasteiger partial charge is 0.534 e. The van der Waals surface area contributed by atoms with Gasteiger partial charge in [-0.2, -0.15) is 0 Å². The summed E-state index contributed by atoms with van der Waals surface area (Å²) in [6.07, 6.45) is -0.0740. The van der Waals surface area contributed by atoms with Crippen LogP contribution in [0, 0.1) is 0 Å². The van der Waals surface area contributed by atoms with Gasteiger partial charge in [0.2, 0.25) is 5.91 Å². The second-order valence-electron chi connectivity index (χ2n) is 9.64. The summed E-state index contributed by atoms with van der Waals surface area (Å²) in [6, 6.07) is 2.68. The van der Waals surface area contributed by atoms with E-state index in [4.69, 9.17) is 21.4 Å². The van der Waals surface area contributed by atoms with E-state index in [9.17, 15) is 44.3 Å². The molecule has 222 valence electrons. The minimum atomic E-state index is -1.74. The first-order chi connectivity index (χ1) is 19.8. The molecule has 2 aromatic rings. The third-order valence-electron chi connectivity index (χ3n) is 6.85. The number of rotatable bonds is 7. The molecule has 0 aliphatic carbocycles. The van der Waals surface area contributed by atoms with E-state index in [-0.39, 0.29) is 36.4 Å². The van der Waals surface area contributed by atoms with Gasteiger partial charge in [0.1, 0.15) is 11.8 Å². The third kappa shape index (κ3) is 5.77. The number of carbonyl (C=O) groups is 5. The molecule has 2 aliphatic rings. The zero-order valence-corrected chi connectivity index (χ0v) is 22.7. The number of nitrogens with zero attached hydrogens (tertiary/aromatic N) is 2. The molecule has 2 heterocycles. The summed E-state index contributed by atoms with van der Waals surface area (Å²) in [5.41, 5.74) is -0.0340. The maximum absolute atomic E-state index is 13.6. The van der Waals surface area contributed by atoms with Crippen LogP contribution >= 0.6 is 11.6 Å². The summed E-state index contributed by atoms with van der Waals surface area (Å²) in [7, 11) is -1.71. The first-order valence-electron chi connectivity index (χ1n) is 12.6. The molecule has 2 unspecified atom stereocenters. The largest absolute Gasteiger partial charge is 0.547 e. The second kappa shape index (κ2) is 12.1. The molecule has 1 fully saturated rings. The summed E-state index contributed by atoms with van der Waals surface area (Å²) in [5, 5.41) is 53.5. The fourth-order valence-electron chi connectivity index (χ4n) is 4.78. The molecule has 2 aliphatic heterocycles. The highest BCUT2D eigenvalue weighted by Crippen LogP contribution is 2.38. The van der Waals surface area contributed by atoms with E-state index in [1.165, 1.54) is 19.1 Å². The van der Waals surface area contributed by atoms with Gasteiger partial charge in [-0.25, -0.2) is 9.59 Å². The molecule has 17 heteroatoms. The zero-order valence-electron chi connectivity index (χ0n) is 22.0. The molecule has 4 rings (SSSR count). The van der Waals surface area contributed by atoms with Gasteiger partial charge in [0.15, 0.2) is 11.5 Å². The number of phenolic OH excluding ortho intramolecular Hbond substituents is 2. The second-order valence-corrected chi connectivity index (χ2v) is 10.0. The van der Waals surface area contributed by atoms with Gasteiger partial charge in [0, 0.05) is 18.7 Å². The Bertz CT molecular complexity index is 1460. The van der Waals surface area contributed by atoms with Crippen LogP contribution in [0.15, 0.2) is 30.3 Å². The highest BCUT2D eigenvalue weighted by molar-refractivity contribution is 6.47. The first kappa shape index (κ1) is 30.4. The Morgan fingerprint density at radius 2 is 1.88 bits per heavy atom. The number of urea groups is 1. The van der Waals surface area contributed by atoms with Crippen molar-refractivity contribution < 1.29 is 54.1 Å². The number of imide groups is 1. The van der Waals surface area contributed by atoms with Crippen LogP contribution in [0.5, 0.6) is 17.2 Å². The SMILES string of the molecule is CC1CN(CCO)C(=O)C(=O)N1C(=O)NC(C(=O)N[C@H]1Cc2cccc(C(=O)O)c2OB1O)c1ccc(O)c(O)c1Cl. The minimum Gasteiger partial charge on any atom is -0.534 e. The Balaban J connectivity index is 1.62. The highest BCUT2D eigenvalue weighted by atomic mass is 35.5. The summed E-state index contributed by atoms with van der Waals surface area (Å²) >= 11 is 6.19. The van der Waals surface area contributed by atoms with Crippen molar-refractivity contribution in [1.29, 1.82) is 0 Å². The van der Waals surface area contributed by atoms with E-state index in [1.54, 1.807) is 6.07 Å². The number of hydrogen-bond donors (Lipinski definition) is 7. The van der Waals surface area contributed by atoms with Crippen LogP contribution in [0.1, 0.15) is 34.5 Å². The van der Waals surface area contributed by atoms with Gasteiger partial charge in [-0.15, -0.1) is 0 Å². The minimum absolute atomic E-state index is 0.0724. The van der Waals surface area contributed by atoms with E-state index in [0.29, 0.717) is 10.5 Å². The van der Waals surface area contributed by atoms with Crippen LogP contribution in [0.2, 0.25) is 5.02 Å². The number of fused-ring (bicyclic) bond motifs is 1. The lowest BCUT2D eigenvalue weighted by Gasteiger charge is -2.38. The number of amides is 5. The van der Waals surface area contributed by atoms with Gasteiger partial charge in [-0.3, -0.25) is 19.3 Å². The number of phenols is 2. The summed E-state index contributed by atoms with van der Waals surface area (Å²) in [4.78, 5) is 65.3. The normalized spacial score (nSPS) is 19.1. The number of aromatic carboxylic acids is 1. The molecule has 0 saturated carbocycles. The van der Waals surface area contributed by atoms with Gasteiger partial charge in [0.25, 0.3) is 0 Å². The fourth-order valence-corrected chi connectivity index (χ4v) is 5.05. The number of halogens is 1. The molecule has 0 spiro atoms. The number of aliphatic hydroxyl groups is 1. The van der Waals surface area contributed by atoms with Crippen molar-refractivity contribution in [3.05, 3.63) is 52.0 Å².